The number of Topliss-reactive ketones (excluding diaryl/α,β-unsaturated/α-hetero) is 1. The van der Waals surface area contributed by atoms with Crippen molar-refractivity contribution >= 4 is 28.4 Å². The standard InChI is InChI=1S/C11H13IO3/c1-7-4-8(12)5-9(11(7)15-3)10(13)6-14-2/h4-5H,6H2,1-3H3. The number of carbonyl (C=O) groups excluding carboxylic acids is 1. The Labute approximate surface area is 103 Å². The Bertz CT molecular complexity index is 374. The molecule has 0 aliphatic heterocycles. The summed E-state index contributed by atoms with van der Waals surface area (Å²) in [6.07, 6.45) is 0. The van der Waals surface area contributed by atoms with Crippen molar-refractivity contribution in [3.05, 3.63) is 26.8 Å². The molecular formula is C11H13IO3. The van der Waals surface area contributed by atoms with Crippen LogP contribution in [0.3, 0.4) is 0 Å². The average Bonchev–Trinajstić information content (AvgIpc) is 2.17. The van der Waals surface area contributed by atoms with Crippen LogP contribution in [0, 0.1) is 10.5 Å². The molecule has 0 saturated carbocycles. The molecule has 0 bridgehead atoms. The highest BCUT2D eigenvalue weighted by Gasteiger charge is 2.14. The molecule has 0 unspecified atom stereocenters. The average molecular weight is 320 g/mol. The van der Waals surface area contributed by atoms with Crippen LogP contribution in [0.5, 0.6) is 5.75 Å². The minimum Gasteiger partial charge on any atom is -0.496 e. The third-order valence-electron chi connectivity index (χ3n) is 2.02. The number of benzene rings is 1. The first-order valence-corrected chi connectivity index (χ1v) is 5.54. The number of hydrogen-bond donors (Lipinski definition) is 0. The van der Waals surface area contributed by atoms with Gasteiger partial charge in [0.25, 0.3) is 0 Å². The predicted octanol–water partition coefficient (Wildman–Crippen LogP) is 2.44. The van der Waals surface area contributed by atoms with Crippen LogP contribution in [0.2, 0.25) is 0 Å². The van der Waals surface area contributed by atoms with Gasteiger partial charge in [0.05, 0.1) is 12.7 Å². The van der Waals surface area contributed by atoms with Crippen molar-refractivity contribution in [2.75, 3.05) is 20.8 Å². The summed E-state index contributed by atoms with van der Waals surface area (Å²) in [5, 5.41) is 0. The Hall–Kier alpha value is -0.620. The minimum absolute atomic E-state index is 0.0593. The van der Waals surface area contributed by atoms with Gasteiger partial charge in [-0.2, -0.15) is 0 Å². The van der Waals surface area contributed by atoms with E-state index in [9.17, 15) is 4.79 Å². The monoisotopic (exact) mass is 320 g/mol. The number of ketones is 1. The number of rotatable bonds is 4. The Morgan fingerprint density at radius 1 is 1.40 bits per heavy atom. The molecule has 0 atom stereocenters. The summed E-state index contributed by atoms with van der Waals surface area (Å²) in [4.78, 5) is 11.7. The molecule has 0 aliphatic carbocycles. The second-order valence-electron chi connectivity index (χ2n) is 3.16. The van der Waals surface area contributed by atoms with Gasteiger partial charge in [0.15, 0.2) is 5.78 Å². The van der Waals surface area contributed by atoms with Gasteiger partial charge < -0.3 is 9.47 Å². The summed E-state index contributed by atoms with van der Waals surface area (Å²) in [6.45, 7) is 2.00. The van der Waals surface area contributed by atoms with Crippen molar-refractivity contribution in [3.63, 3.8) is 0 Å². The molecule has 0 saturated heterocycles. The molecule has 1 aromatic rings. The maximum absolute atomic E-state index is 11.7. The van der Waals surface area contributed by atoms with Crippen LogP contribution >= 0.6 is 22.6 Å². The van der Waals surface area contributed by atoms with Crippen LogP contribution < -0.4 is 4.74 Å². The van der Waals surface area contributed by atoms with Crippen LogP contribution in [0.4, 0.5) is 0 Å². The highest BCUT2D eigenvalue weighted by molar-refractivity contribution is 14.1. The van der Waals surface area contributed by atoms with Crippen LogP contribution in [0.25, 0.3) is 0 Å². The van der Waals surface area contributed by atoms with Crippen molar-refractivity contribution in [1.29, 1.82) is 0 Å². The van der Waals surface area contributed by atoms with Crippen LogP contribution in [0.15, 0.2) is 12.1 Å². The maximum atomic E-state index is 11.7. The Morgan fingerprint density at radius 3 is 2.60 bits per heavy atom. The second-order valence-corrected chi connectivity index (χ2v) is 4.41. The fourth-order valence-electron chi connectivity index (χ4n) is 1.42. The quantitative estimate of drug-likeness (QED) is 0.631. The lowest BCUT2D eigenvalue weighted by Crippen LogP contribution is -2.10. The molecule has 3 nitrogen and oxygen atoms in total. The highest BCUT2D eigenvalue weighted by Crippen LogP contribution is 2.26. The molecule has 0 aliphatic rings. The fraction of sp³-hybridized carbons (Fsp3) is 0.364. The van der Waals surface area contributed by atoms with Crippen LogP contribution in [0.1, 0.15) is 15.9 Å². The van der Waals surface area contributed by atoms with Gasteiger partial charge in [-0.05, 0) is 47.2 Å². The first-order chi connectivity index (χ1) is 7.10. The van der Waals surface area contributed by atoms with Gasteiger partial charge in [-0.1, -0.05) is 0 Å². The van der Waals surface area contributed by atoms with Gasteiger partial charge in [-0.3, -0.25) is 4.79 Å². The van der Waals surface area contributed by atoms with Crippen LogP contribution in [-0.2, 0) is 4.74 Å². The minimum atomic E-state index is -0.0593. The molecule has 0 heterocycles. The molecule has 0 fully saturated rings. The molecular weight excluding hydrogens is 307 g/mol. The van der Waals surface area contributed by atoms with E-state index in [2.05, 4.69) is 22.6 Å². The van der Waals surface area contributed by atoms with E-state index in [0.717, 1.165) is 9.13 Å². The Kier molecular flexibility index (Phi) is 4.53. The Morgan fingerprint density at radius 2 is 2.07 bits per heavy atom. The molecule has 0 aromatic heterocycles. The normalized spacial score (nSPS) is 10.1. The molecule has 0 N–H and O–H groups in total. The van der Waals surface area contributed by atoms with Gasteiger partial charge >= 0.3 is 0 Å². The van der Waals surface area contributed by atoms with E-state index in [1.54, 1.807) is 7.11 Å². The van der Waals surface area contributed by atoms with E-state index < -0.39 is 0 Å². The van der Waals surface area contributed by atoms with Gasteiger partial charge in [0, 0.05) is 10.7 Å². The summed E-state index contributed by atoms with van der Waals surface area (Å²) in [5.41, 5.74) is 1.55. The van der Waals surface area contributed by atoms with E-state index in [-0.39, 0.29) is 12.4 Å². The summed E-state index contributed by atoms with van der Waals surface area (Å²) in [5.74, 6) is 0.577. The molecule has 4 heteroatoms. The van der Waals surface area contributed by atoms with Gasteiger partial charge in [-0.25, -0.2) is 0 Å². The van der Waals surface area contributed by atoms with Crippen molar-refractivity contribution in [2.24, 2.45) is 0 Å². The maximum Gasteiger partial charge on any atom is 0.192 e. The lowest BCUT2D eigenvalue weighted by molar-refractivity contribution is 0.0845. The third-order valence-corrected chi connectivity index (χ3v) is 2.64. The van der Waals surface area contributed by atoms with Crippen molar-refractivity contribution in [1.82, 2.24) is 0 Å². The zero-order valence-electron chi connectivity index (χ0n) is 8.96. The summed E-state index contributed by atoms with van der Waals surface area (Å²) in [6, 6.07) is 3.79. The highest BCUT2D eigenvalue weighted by atomic mass is 127. The molecule has 0 amide bonds. The van der Waals surface area contributed by atoms with E-state index in [1.165, 1.54) is 7.11 Å². The Balaban J connectivity index is 3.20. The van der Waals surface area contributed by atoms with E-state index in [4.69, 9.17) is 9.47 Å². The zero-order valence-corrected chi connectivity index (χ0v) is 11.1. The van der Waals surface area contributed by atoms with Crippen molar-refractivity contribution in [2.45, 2.75) is 6.92 Å². The SMILES string of the molecule is COCC(=O)c1cc(I)cc(C)c1OC. The third kappa shape index (κ3) is 2.92. The summed E-state index contributed by atoms with van der Waals surface area (Å²) in [7, 11) is 3.07. The van der Waals surface area contributed by atoms with E-state index in [0.29, 0.717) is 11.3 Å². The largest absolute Gasteiger partial charge is 0.496 e. The van der Waals surface area contributed by atoms with Crippen molar-refractivity contribution in [3.8, 4) is 5.75 Å². The zero-order chi connectivity index (χ0) is 11.4. The summed E-state index contributed by atoms with van der Waals surface area (Å²) < 4.78 is 11.1. The lowest BCUT2D eigenvalue weighted by Gasteiger charge is -2.10. The number of ether oxygens (including phenoxy) is 2. The smallest absolute Gasteiger partial charge is 0.192 e. The van der Waals surface area contributed by atoms with Gasteiger partial charge in [-0.15, -0.1) is 0 Å². The second kappa shape index (κ2) is 5.46. The number of carbonyl (C=O) groups is 1. The topological polar surface area (TPSA) is 35.5 Å². The predicted molar refractivity (Wildman–Crippen MR) is 66.7 cm³/mol. The molecule has 0 spiro atoms. The summed E-state index contributed by atoms with van der Waals surface area (Å²) >= 11 is 2.18. The first-order valence-electron chi connectivity index (χ1n) is 4.46. The first kappa shape index (κ1) is 12.4. The fourth-order valence-corrected chi connectivity index (χ4v) is 2.20. The van der Waals surface area contributed by atoms with Gasteiger partial charge in [0.2, 0.25) is 0 Å². The number of hydrogen-bond acceptors (Lipinski definition) is 3. The number of halogens is 1. The number of aryl methyl sites for hydroxylation is 1. The number of methoxy groups -OCH3 is 2. The van der Waals surface area contributed by atoms with E-state index >= 15 is 0 Å². The molecule has 1 aromatic carbocycles. The lowest BCUT2D eigenvalue weighted by atomic mass is 10.1. The van der Waals surface area contributed by atoms with Crippen molar-refractivity contribution < 1.29 is 14.3 Å². The molecule has 15 heavy (non-hydrogen) atoms. The van der Waals surface area contributed by atoms with E-state index in [1.807, 2.05) is 19.1 Å². The molecule has 0 radical (unpaired) electrons. The van der Waals surface area contributed by atoms with Crippen LogP contribution in [-0.4, -0.2) is 26.6 Å². The molecule has 82 valence electrons. The van der Waals surface area contributed by atoms with Gasteiger partial charge in [0.1, 0.15) is 12.4 Å². The molecule has 1 rings (SSSR count).